The Morgan fingerprint density at radius 2 is 2.24 bits per heavy atom. The van der Waals surface area contributed by atoms with Crippen LogP contribution in [0.15, 0.2) is 22.7 Å². The minimum atomic E-state index is 0.741. The molecular weight excluding hydrogens is 282 g/mol. The van der Waals surface area contributed by atoms with Crippen molar-refractivity contribution >= 4 is 15.9 Å². The number of hydrogen-bond acceptors (Lipinski definition) is 3. The summed E-state index contributed by atoms with van der Waals surface area (Å²) < 4.78 is 11.8. The van der Waals surface area contributed by atoms with Crippen LogP contribution in [0.2, 0.25) is 0 Å². The molecule has 1 aliphatic rings. The summed E-state index contributed by atoms with van der Waals surface area (Å²) in [6.45, 7) is 1.78. The van der Waals surface area contributed by atoms with Crippen molar-refractivity contribution in [2.24, 2.45) is 0 Å². The van der Waals surface area contributed by atoms with Gasteiger partial charge in [-0.15, -0.1) is 0 Å². The van der Waals surface area contributed by atoms with Crippen LogP contribution in [0.5, 0.6) is 11.5 Å². The molecule has 1 aliphatic carbocycles. The molecule has 0 atom stereocenters. The second-order valence-electron chi connectivity index (χ2n) is 4.23. The summed E-state index contributed by atoms with van der Waals surface area (Å²) in [5, 5.41) is 3.46. The van der Waals surface area contributed by atoms with Gasteiger partial charge in [0.15, 0.2) is 0 Å². The van der Waals surface area contributed by atoms with Crippen LogP contribution in [0, 0.1) is 0 Å². The van der Waals surface area contributed by atoms with Gasteiger partial charge in [-0.2, -0.15) is 0 Å². The summed E-state index contributed by atoms with van der Waals surface area (Å²) in [6, 6.07) is 6.53. The van der Waals surface area contributed by atoms with Crippen LogP contribution in [0.1, 0.15) is 19.3 Å². The van der Waals surface area contributed by atoms with Gasteiger partial charge < -0.3 is 14.8 Å². The molecule has 1 aromatic carbocycles. The van der Waals surface area contributed by atoms with E-state index >= 15 is 0 Å². The molecule has 1 N–H and O–H groups in total. The fourth-order valence-corrected chi connectivity index (χ4v) is 2.05. The molecule has 2 rings (SSSR count). The molecule has 17 heavy (non-hydrogen) atoms. The van der Waals surface area contributed by atoms with Crippen molar-refractivity contribution < 1.29 is 9.47 Å². The number of halogens is 1. The zero-order valence-corrected chi connectivity index (χ0v) is 11.6. The predicted octanol–water partition coefficient (Wildman–Crippen LogP) is 2.98. The highest BCUT2D eigenvalue weighted by Gasteiger charge is 2.19. The monoisotopic (exact) mass is 299 g/mol. The Bertz CT molecular complexity index is 366. The minimum absolute atomic E-state index is 0.741. The van der Waals surface area contributed by atoms with Crippen LogP contribution < -0.4 is 14.8 Å². The fraction of sp³-hybridized carbons (Fsp3) is 0.538. The number of benzene rings is 1. The van der Waals surface area contributed by atoms with Gasteiger partial charge in [-0.3, -0.25) is 0 Å². The highest BCUT2D eigenvalue weighted by Crippen LogP contribution is 2.29. The van der Waals surface area contributed by atoms with Gasteiger partial charge in [0.1, 0.15) is 11.5 Å². The van der Waals surface area contributed by atoms with Crippen LogP contribution in [0.25, 0.3) is 0 Å². The van der Waals surface area contributed by atoms with Gasteiger partial charge in [0.05, 0.1) is 18.2 Å². The average molecular weight is 300 g/mol. The van der Waals surface area contributed by atoms with Gasteiger partial charge >= 0.3 is 0 Å². The first-order chi connectivity index (χ1) is 8.29. The predicted molar refractivity (Wildman–Crippen MR) is 71.8 cm³/mol. The van der Waals surface area contributed by atoms with E-state index < -0.39 is 0 Å². The molecule has 1 aromatic rings. The molecule has 4 heteroatoms. The molecule has 0 amide bonds. The van der Waals surface area contributed by atoms with E-state index in [4.69, 9.17) is 9.47 Å². The molecule has 1 saturated carbocycles. The maximum atomic E-state index is 5.70. The lowest BCUT2D eigenvalue weighted by Crippen LogP contribution is -2.19. The average Bonchev–Trinajstić information content (AvgIpc) is 3.14. The molecular formula is C13H18BrNO2. The fourth-order valence-electron chi connectivity index (χ4n) is 1.57. The van der Waals surface area contributed by atoms with E-state index in [-0.39, 0.29) is 0 Å². The zero-order chi connectivity index (χ0) is 12.1. The third kappa shape index (κ3) is 4.21. The Hall–Kier alpha value is -0.740. The number of ether oxygens (including phenoxy) is 2. The van der Waals surface area contributed by atoms with Gasteiger partial charge in [-0.25, -0.2) is 0 Å². The van der Waals surface area contributed by atoms with Crippen molar-refractivity contribution in [1.29, 1.82) is 0 Å². The van der Waals surface area contributed by atoms with E-state index in [1.54, 1.807) is 7.11 Å². The number of nitrogens with one attached hydrogen (secondary N) is 1. The van der Waals surface area contributed by atoms with E-state index in [9.17, 15) is 0 Å². The van der Waals surface area contributed by atoms with Gasteiger partial charge in [-0.1, -0.05) is 0 Å². The summed E-state index contributed by atoms with van der Waals surface area (Å²) in [5.41, 5.74) is 0. The van der Waals surface area contributed by atoms with Crippen molar-refractivity contribution in [2.75, 3.05) is 20.3 Å². The molecule has 0 unspecified atom stereocenters. The summed E-state index contributed by atoms with van der Waals surface area (Å²) in [6.07, 6.45) is 3.71. The van der Waals surface area contributed by atoms with E-state index in [2.05, 4.69) is 21.2 Å². The van der Waals surface area contributed by atoms with Crippen molar-refractivity contribution in [3.8, 4) is 11.5 Å². The lowest BCUT2D eigenvalue weighted by atomic mass is 10.3. The first-order valence-electron chi connectivity index (χ1n) is 5.99. The topological polar surface area (TPSA) is 30.5 Å². The summed E-state index contributed by atoms with van der Waals surface area (Å²) in [7, 11) is 1.66. The van der Waals surface area contributed by atoms with Gasteiger partial charge in [0.2, 0.25) is 0 Å². The molecule has 0 aliphatic heterocycles. The number of methoxy groups -OCH3 is 1. The Kier molecular flexibility index (Phi) is 4.68. The molecule has 94 valence electrons. The molecule has 1 fully saturated rings. The largest absolute Gasteiger partial charge is 0.497 e. The highest BCUT2D eigenvalue weighted by molar-refractivity contribution is 9.10. The first-order valence-corrected chi connectivity index (χ1v) is 6.78. The van der Waals surface area contributed by atoms with Gasteiger partial charge in [0.25, 0.3) is 0 Å². The van der Waals surface area contributed by atoms with E-state index in [0.29, 0.717) is 0 Å². The van der Waals surface area contributed by atoms with Crippen LogP contribution in [0.4, 0.5) is 0 Å². The lowest BCUT2D eigenvalue weighted by molar-refractivity contribution is 0.305. The molecule has 0 heterocycles. The SMILES string of the molecule is COc1ccc(OCCCNC2CC2)c(Br)c1. The Morgan fingerprint density at radius 1 is 1.41 bits per heavy atom. The van der Waals surface area contributed by atoms with Crippen LogP contribution >= 0.6 is 15.9 Å². The number of hydrogen-bond donors (Lipinski definition) is 1. The molecule has 0 spiro atoms. The lowest BCUT2D eigenvalue weighted by Gasteiger charge is -2.09. The molecule has 0 bridgehead atoms. The Balaban J connectivity index is 1.70. The maximum absolute atomic E-state index is 5.70. The van der Waals surface area contributed by atoms with Crippen molar-refractivity contribution in [3.63, 3.8) is 0 Å². The van der Waals surface area contributed by atoms with E-state index in [1.807, 2.05) is 18.2 Å². The molecule has 3 nitrogen and oxygen atoms in total. The van der Waals surface area contributed by atoms with Crippen molar-refractivity contribution in [2.45, 2.75) is 25.3 Å². The van der Waals surface area contributed by atoms with Gasteiger partial charge in [0, 0.05) is 6.04 Å². The molecule has 0 saturated heterocycles. The summed E-state index contributed by atoms with van der Waals surface area (Å²) >= 11 is 3.47. The Morgan fingerprint density at radius 3 is 2.88 bits per heavy atom. The molecule has 0 aromatic heterocycles. The van der Waals surface area contributed by atoms with Crippen LogP contribution in [0.3, 0.4) is 0 Å². The smallest absolute Gasteiger partial charge is 0.133 e. The maximum Gasteiger partial charge on any atom is 0.133 e. The van der Waals surface area contributed by atoms with E-state index in [1.165, 1.54) is 12.8 Å². The Labute approximate surface area is 111 Å². The second-order valence-corrected chi connectivity index (χ2v) is 5.08. The van der Waals surface area contributed by atoms with Crippen molar-refractivity contribution in [3.05, 3.63) is 22.7 Å². The normalized spacial score (nSPS) is 14.7. The summed E-state index contributed by atoms with van der Waals surface area (Å²) in [4.78, 5) is 0. The minimum Gasteiger partial charge on any atom is -0.497 e. The van der Waals surface area contributed by atoms with Crippen molar-refractivity contribution in [1.82, 2.24) is 5.32 Å². The van der Waals surface area contributed by atoms with Gasteiger partial charge in [-0.05, 0) is 59.9 Å². The third-order valence-corrected chi connectivity index (χ3v) is 3.35. The second kappa shape index (κ2) is 6.26. The van der Waals surface area contributed by atoms with E-state index in [0.717, 1.165) is 41.6 Å². The standard InChI is InChI=1S/C13H18BrNO2/c1-16-11-5-6-13(12(14)9-11)17-8-2-7-15-10-3-4-10/h5-6,9-10,15H,2-4,7-8H2,1H3. The summed E-state index contributed by atoms with van der Waals surface area (Å²) in [5.74, 6) is 1.71. The van der Waals surface area contributed by atoms with Crippen LogP contribution in [-0.4, -0.2) is 26.3 Å². The number of rotatable bonds is 7. The van der Waals surface area contributed by atoms with Crippen LogP contribution in [-0.2, 0) is 0 Å². The molecule has 0 radical (unpaired) electrons. The highest BCUT2D eigenvalue weighted by atomic mass is 79.9. The third-order valence-electron chi connectivity index (χ3n) is 2.73. The quantitative estimate of drug-likeness (QED) is 0.785. The zero-order valence-electron chi connectivity index (χ0n) is 10.0. The first kappa shape index (κ1) is 12.7.